The molecular formula is C15H10F4O3. The van der Waals surface area contributed by atoms with Crippen LogP contribution in [-0.2, 0) is 12.8 Å². The molecule has 0 heterocycles. The van der Waals surface area contributed by atoms with Crippen molar-refractivity contribution in [2.24, 2.45) is 0 Å². The maximum Gasteiger partial charge on any atom is 0.416 e. The van der Waals surface area contributed by atoms with E-state index in [0.29, 0.717) is 12.4 Å². The van der Waals surface area contributed by atoms with Crippen molar-refractivity contribution in [3.63, 3.8) is 0 Å². The molecule has 2 aromatic rings. The fourth-order valence-corrected chi connectivity index (χ4v) is 1.76. The normalized spacial score (nSPS) is 11.3. The molecule has 0 unspecified atom stereocenters. The molecule has 0 fully saturated rings. The van der Waals surface area contributed by atoms with E-state index in [1.54, 1.807) is 0 Å². The van der Waals surface area contributed by atoms with E-state index in [0.717, 1.165) is 30.3 Å². The molecule has 2 rings (SSSR count). The van der Waals surface area contributed by atoms with Crippen molar-refractivity contribution in [1.82, 2.24) is 0 Å². The Morgan fingerprint density at radius 2 is 1.86 bits per heavy atom. The van der Waals surface area contributed by atoms with Gasteiger partial charge in [-0.1, -0.05) is 0 Å². The highest BCUT2D eigenvalue weighted by molar-refractivity contribution is 5.79. The summed E-state index contributed by atoms with van der Waals surface area (Å²) in [6.45, 7) is -0.383. The van der Waals surface area contributed by atoms with Gasteiger partial charge < -0.3 is 9.84 Å². The van der Waals surface area contributed by atoms with E-state index in [1.807, 2.05) is 0 Å². The summed E-state index contributed by atoms with van der Waals surface area (Å²) in [6.07, 6.45) is -4.23. The molecule has 0 saturated heterocycles. The highest BCUT2D eigenvalue weighted by atomic mass is 19.4. The van der Waals surface area contributed by atoms with Crippen LogP contribution in [0, 0.1) is 5.82 Å². The number of aldehydes is 1. The zero-order valence-electron chi connectivity index (χ0n) is 11.0. The molecule has 7 heteroatoms. The van der Waals surface area contributed by atoms with Gasteiger partial charge in [-0.25, -0.2) is 4.39 Å². The van der Waals surface area contributed by atoms with Crippen molar-refractivity contribution >= 4 is 6.29 Å². The molecule has 0 saturated carbocycles. The van der Waals surface area contributed by atoms with Crippen molar-refractivity contribution in [2.75, 3.05) is 0 Å². The van der Waals surface area contributed by atoms with Gasteiger partial charge in [0.15, 0.2) is 6.29 Å². The molecule has 22 heavy (non-hydrogen) atoms. The monoisotopic (exact) mass is 314 g/mol. The Bertz CT molecular complexity index is 696. The zero-order valence-corrected chi connectivity index (χ0v) is 11.0. The Balaban J connectivity index is 2.28. The number of alkyl halides is 3. The molecule has 116 valence electrons. The largest absolute Gasteiger partial charge is 0.508 e. The lowest BCUT2D eigenvalue weighted by Crippen LogP contribution is -2.07. The first-order chi connectivity index (χ1) is 10.3. The summed E-state index contributed by atoms with van der Waals surface area (Å²) in [7, 11) is 0. The van der Waals surface area contributed by atoms with Crippen LogP contribution in [0.25, 0.3) is 0 Å². The Kier molecular flexibility index (Phi) is 4.35. The van der Waals surface area contributed by atoms with E-state index < -0.39 is 17.6 Å². The van der Waals surface area contributed by atoms with Gasteiger partial charge in [-0.3, -0.25) is 4.79 Å². The first-order valence-electron chi connectivity index (χ1n) is 6.08. The van der Waals surface area contributed by atoms with E-state index in [9.17, 15) is 27.5 Å². The van der Waals surface area contributed by atoms with Crippen molar-refractivity contribution in [3.8, 4) is 11.5 Å². The molecular weight excluding hydrogens is 304 g/mol. The number of benzene rings is 2. The summed E-state index contributed by atoms with van der Waals surface area (Å²) in [5.41, 5.74) is -1.00. The number of rotatable bonds is 4. The molecule has 0 aromatic heterocycles. The van der Waals surface area contributed by atoms with E-state index in [2.05, 4.69) is 0 Å². The number of ether oxygens (including phenoxy) is 1. The topological polar surface area (TPSA) is 46.5 Å². The Hall–Kier alpha value is -2.57. The fraction of sp³-hybridized carbons (Fsp3) is 0.133. The fourth-order valence-electron chi connectivity index (χ4n) is 1.76. The number of hydrogen-bond donors (Lipinski definition) is 1. The number of carbonyl (C=O) groups is 1. The third kappa shape index (κ3) is 3.55. The van der Waals surface area contributed by atoms with Gasteiger partial charge in [-0.05, 0) is 36.4 Å². The van der Waals surface area contributed by atoms with Crippen LogP contribution in [0.1, 0.15) is 21.5 Å². The van der Waals surface area contributed by atoms with Gasteiger partial charge in [0.1, 0.15) is 23.9 Å². The van der Waals surface area contributed by atoms with Crippen LogP contribution in [0.3, 0.4) is 0 Å². The Labute approximate surface area is 122 Å². The van der Waals surface area contributed by atoms with Gasteiger partial charge in [-0.2, -0.15) is 13.2 Å². The molecule has 0 aliphatic rings. The van der Waals surface area contributed by atoms with Gasteiger partial charge >= 0.3 is 6.18 Å². The number of phenols is 1. The first kappa shape index (κ1) is 15.8. The van der Waals surface area contributed by atoms with Gasteiger partial charge in [0.05, 0.1) is 11.1 Å². The molecule has 0 amide bonds. The van der Waals surface area contributed by atoms with Crippen LogP contribution in [0.2, 0.25) is 0 Å². The molecule has 2 aromatic carbocycles. The SMILES string of the molecule is O=Cc1ccc(C(F)(F)F)cc1OCc1cc(F)ccc1O. The van der Waals surface area contributed by atoms with Crippen LogP contribution < -0.4 is 4.74 Å². The summed E-state index contributed by atoms with van der Waals surface area (Å²) in [4.78, 5) is 10.9. The van der Waals surface area contributed by atoms with Crippen molar-refractivity contribution in [1.29, 1.82) is 0 Å². The average molecular weight is 314 g/mol. The minimum atomic E-state index is -4.58. The number of aromatic hydroxyl groups is 1. The maximum absolute atomic E-state index is 13.1. The van der Waals surface area contributed by atoms with E-state index >= 15 is 0 Å². The van der Waals surface area contributed by atoms with Crippen molar-refractivity contribution in [2.45, 2.75) is 12.8 Å². The predicted molar refractivity (Wildman–Crippen MR) is 69.2 cm³/mol. The second-order valence-electron chi connectivity index (χ2n) is 4.43. The molecule has 0 atom stereocenters. The summed E-state index contributed by atoms with van der Waals surface area (Å²) >= 11 is 0. The second kappa shape index (κ2) is 6.05. The lowest BCUT2D eigenvalue weighted by Gasteiger charge is -2.13. The molecule has 0 radical (unpaired) electrons. The molecule has 1 N–H and O–H groups in total. The summed E-state index contributed by atoms with van der Waals surface area (Å²) in [5, 5.41) is 9.53. The minimum absolute atomic E-state index is 0.0502. The van der Waals surface area contributed by atoms with Gasteiger partial charge in [0, 0.05) is 5.56 Å². The second-order valence-corrected chi connectivity index (χ2v) is 4.43. The predicted octanol–water partition coefficient (Wildman–Crippen LogP) is 3.94. The maximum atomic E-state index is 13.1. The van der Waals surface area contributed by atoms with Crippen LogP contribution in [-0.4, -0.2) is 11.4 Å². The molecule has 0 aliphatic carbocycles. The standard InChI is InChI=1S/C15H10F4O3/c16-12-3-4-13(21)10(5-12)8-22-14-6-11(15(17,18)19)2-1-9(14)7-20/h1-7,21H,8H2. The Morgan fingerprint density at radius 3 is 2.50 bits per heavy atom. The van der Waals surface area contributed by atoms with E-state index in [-0.39, 0.29) is 29.2 Å². The number of phenolic OH excluding ortho intramolecular Hbond substituents is 1. The molecule has 0 spiro atoms. The van der Waals surface area contributed by atoms with Gasteiger partial charge in [0.25, 0.3) is 0 Å². The quantitative estimate of drug-likeness (QED) is 0.687. The zero-order chi connectivity index (χ0) is 16.3. The van der Waals surface area contributed by atoms with Crippen LogP contribution in [0.15, 0.2) is 36.4 Å². The highest BCUT2D eigenvalue weighted by Crippen LogP contribution is 2.33. The minimum Gasteiger partial charge on any atom is -0.508 e. The number of carbonyl (C=O) groups excluding carboxylic acids is 1. The lowest BCUT2D eigenvalue weighted by molar-refractivity contribution is -0.137. The lowest BCUT2D eigenvalue weighted by atomic mass is 10.1. The van der Waals surface area contributed by atoms with E-state index in [4.69, 9.17) is 4.74 Å². The average Bonchev–Trinajstić information content (AvgIpc) is 2.47. The van der Waals surface area contributed by atoms with Gasteiger partial charge in [-0.15, -0.1) is 0 Å². The molecule has 0 aliphatic heterocycles. The molecule has 3 nitrogen and oxygen atoms in total. The number of halogens is 4. The van der Waals surface area contributed by atoms with Crippen molar-refractivity contribution in [3.05, 3.63) is 58.9 Å². The van der Waals surface area contributed by atoms with E-state index in [1.165, 1.54) is 0 Å². The van der Waals surface area contributed by atoms with Crippen molar-refractivity contribution < 1.29 is 32.2 Å². The number of hydrogen-bond acceptors (Lipinski definition) is 3. The summed E-state index contributed by atoms with van der Waals surface area (Å²) in [6, 6.07) is 5.54. The van der Waals surface area contributed by atoms with Crippen LogP contribution in [0.5, 0.6) is 11.5 Å². The third-order valence-corrected chi connectivity index (χ3v) is 2.89. The van der Waals surface area contributed by atoms with Gasteiger partial charge in [0.2, 0.25) is 0 Å². The first-order valence-corrected chi connectivity index (χ1v) is 6.08. The third-order valence-electron chi connectivity index (χ3n) is 2.89. The smallest absolute Gasteiger partial charge is 0.416 e. The summed E-state index contributed by atoms with van der Waals surface area (Å²) in [5.74, 6) is -1.19. The van der Waals surface area contributed by atoms with Crippen LogP contribution >= 0.6 is 0 Å². The van der Waals surface area contributed by atoms with Crippen LogP contribution in [0.4, 0.5) is 17.6 Å². The highest BCUT2D eigenvalue weighted by Gasteiger charge is 2.31. The molecule has 0 bridgehead atoms. The Morgan fingerprint density at radius 1 is 1.14 bits per heavy atom. The summed E-state index contributed by atoms with van der Waals surface area (Å²) < 4.78 is 56.1.